The Labute approximate surface area is 136 Å². The molecule has 0 spiro atoms. The van der Waals surface area contributed by atoms with Crippen molar-refractivity contribution >= 4 is 5.91 Å². The van der Waals surface area contributed by atoms with E-state index in [1.165, 1.54) is 5.56 Å². The zero-order valence-electron chi connectivity index (χ0n) is 13.6. The Hall–Kier alpha value is -2.23. The van der Waals surface area contributed by atoms with Gasteiger partial charge in [-0.05, 0) is 55.5 Å². The summed E-state index contributed by atoms with van der Waals surface area (Å²) in [6.07, 6.45) is 4.35. The lowest BCUT2D eigenvalue weighted by atomic mass is 10.1. The summed E-state index contributed by atoms with van der Waals surface area (Å²) in [6.45, 7) is 2.05. The number of ether oxygens (including phenoxy) is 1. The molecule has 1 fully saturated rings. The lowest BCUT2D eigenvalue weighted by Gasteiger charge is -2.13. The second-order valence-corrected chi connectivity index (χ2v) is 6.25. The molecule has 1 aliphatic carbocycles. The van der Waals surface area contributed by atoms with E-state index >= 15 is 0 Å². The van der Waals surface area contributed by atoms with Crippen LogP contribution in [0.2, 0.25) is 0 Å². The van der Waals surface area contributed by atoms with Crippen molar-refractivity contribution in [3.63, 3.8) is 0 Å². The second kappa shape index (κ2) is 6.90. The van der Waals surface area contributed by atoms with Crippen molar-refractivity contribution in [2.75, 3.05) is 7.11 Å². The number of carbonyl (C=O) groups is 1. The number of hydrogen-bond donors (Lipinski definition) is 1. The van der Waals surface area contributed by atoms with Crippen molar-refractivity contribution in [3.05, 3.63) is 54.0 Å². The number of hydrogen-bond acceptors (Lipinski definition) is 3. The van der Waals surface area contributed by atoms with Gasteiger partial charge in [-0.25, -0.2) is 0 Å². The van der Waals surface area contributed by atoms with Gasteiger partial charge in [0, 0.05) is 18.4 Å². The summed E-state index contributed by atoms with van der Waals surface area (Å²) in [5, 5.41) is 3.12. The molecule has 1 saturated carbocycles. The van der Waals surface area contributed by atoms with Gasteiger partial charge in [0.05, 0.1) is 13.4 Å². The van der Waals surface area contributed by atoms with Crippen LogP contribution in [0.1, 0.15) is 37.0 Å². The Morgan fingerprint density at radius 3 is 2.78 bits per heavy atom. The molecular formula is C19H23NO3. The van der Waals surface area contributed by atoms with Crippen LogP contribution in [0.25, 0.3) is 0 Å². The van der Waals surface area contributed by atoms with Crippen molar-refractivity contribution in [2.45, 2.75) is 38.1 Å². The van der Waals surface area contributed by atoms with Crippen LogP contribution in [0.5, 0.6) is 5.75 Å². The van der Waals surface area contributed by atoms with Crippen LogP contribution >= 0.6 is 0 Å². The fraction of sp³-hybridized carbons (Fsp3) is 0.421. The first kappa shape index (κ1) is 15.7. The summed E-state index contributed by atoms with van der Waals surface area (Å²) in [6, 6.07) is 12.0. The van der Waals surface area contributed by atoms with Crippen LogP contribution in [0.15, 0.2) is 47.1 Å². The van der Waals surface area contributed by atoms with Gasteiger partial charge in [0.15, 0.2) is 0 Å². The molecule has 2 aromatic rings. The molecular weight excluding hydrogens is 290 g/mol. The largest absolute Gasteiger partial charge is 0.497 e. The first-order valence-corrected chi connectivity index (χ1v) is 8.14. The lowest BCUT2D eigenvalue weighted by Crippen LogP contribution is -2.34. The Kier molecular flexibility index (Phi) is 4.70. The van der Waals surface area contributed by atoms with Crippen molar-refractivity contribution in [3.8, 4) is 5.75 Å². The fourth-order valence-electron chi connectivity index (χ4n) is 2.94. The topological polar surface area (TPSA) is 51.5 Å². The van der Waals surface area contributed by atoms with Crippen molar-refractivity contribution < 1.29 is 13.9 Å². The number of amides is 1. The normalized spacial score (nSPS) is 20.8. The minimum atomic E-state index is 0.106. The molecule has 0 radical (unpaired) electrons. The van der Waals surface area contributed by atoms with Gasteiger partial charge in [0.1, 0.15) is 11.5 Å². The number of rotatable bonds is 7. The van der Waals surface area contributed by atoms with Crippen molar-refractivity contribution in [1.29, 1.82) is 0 Å². The number of nitrogens with one attached hydrogen (secondary N) is 1. The summed E-state index contributed by atoms with van der Waals surface area (Å²) in [4.78, 5) is 12.3. The van der Waals surface area contributed by atoms with Crippen LogP contribution < -0.4 is 10.1 Å². The molecule has 4 nitrogen and oxygen atoms in total. The average Bonchev–Trinajstić information content (AvgIpc) is 3.20. The van der Waals surface area contributed by atoms with Crippen LogP contribution in [0, 0.1) is 5.92 Å². The van der Waals surface area contributed by atoms with E-state index in [0.717, 1.165) is 30.8 Å². The first-order valence-electron chi connectivity index (χ1n) is 8.14. The smallest absolute Gasteiger partial charge is 0.223 e. The molecule has 1 aromatic carbocycles. The monoisotopic (exact) mass is 313 g/mol. The standard InChI is InChI=1S/C19H23NO3/c1-13(5-8-16-4-3-11-23-16)20-19(21)18-12-17(18)14-6-9-15(22-2)10-7-14/h3-4,6-7,9-11,13,17-18H,5,8,12H2,1-2H3,(H,20,21)/t13-,17+,18-/m1/s1. The molecule has 122 valence electrons. The summed E-state index contributed by atoms with van der Waals surface area (Å²) >= 11 is 0. The zero-order valence-corrected chi connectivity index (χ0v) is 13.6. The maximum atomic E-state index is 12.3. The third kappa shape index (κ3) is 3.95. The predicted octanol–water partition coefficient (Wildman–Crippen LogP) is 3.53. The summed E-state index contributed by atoms with van der Waals surface area (Å²) in [5.41, 5.74) is 1.22. The van der Waals surface area contributed by atoms with Crippen LogP contribution in [0.3, 0.4) is 0 Å². The SMILES string of the molecule is COc1ccc([C@@H]2C[C@H]2C(=O)N[C@H](C)CCc2ccco2)cc1. The molecule has 0 bridgehead atoms. The Morgan fingerprint density at radius 2 is 2.13 bits per heavy atom. The van der Waals surface area contributed by atoms with E-state index in [-0.39, 0.29) is 17.9 Å². The van der Waals surface area contributed by atoms with Crippen LogP contribution in [0.4, 0.5) is 0 Å². The third-order valence-corrected chi connectivity index (χ3v) is 4.46. The molecule has 3 rings (SSSR count). The zero-order chi connectivity index (χ0) is 16.2. The molecule has 1 heterocycles. The van der Waals surface area contributed by atoms with Gasteiger partial charge in [0.25, 0.3) is 0 Å². The van der Waals surface area contributed by atoms with Gasteiger partial charge >= 0.3 is 0 Å². The number of methoxy groups -OCH3 is 1. The van der Waals surface area contributed by atoms with Gasteiger partial charge in [0.2, 0.25) is 5.91 Å². The van der Waals surface area contributed by atoms with E-state index in [1.54, 1.807) is 13.4 Å². The molecule has 3 atom stereocenters. The highest BCUT2D eigenvalue weighted by Gasteiger charge is 2.44. The van der Waals surface area contributed by atoms with Crippen molar-refractivity contribution in [1.82, 2.24) is 5.32 Å². The van der Waals surface area contributed by atoms with Crippen molar-refractivity contribution in [2.24, 2.45) is 5.92 Å². The minimum Gasteiger partial charge on any atom is -0.497 e. The predicted molar refractivity (Wildman–Crippen MR) is 88.5 cm³/mol. The highest BCUT2D eigenvalue weighted by molar-refractivity contribution is 5.83. The van der Waals surface area contributed by atoms with Gasteiger partial charge in [-0.15, -0.1) is 0 Å². The lowest BCUT2D eigenvalue weighted by molar-refractivity contribution is -0.123. The van der Waals surface area contributed by atoms with Gasteiger partial charge in [-0.1, -0.05) is 12.1 Å². The quantitative estimate of drug-likeness (QED) is 0.851. The molecule has 0 saturated heterocycles. The Bertz CT molecular complexity index is 633. The Morgan fingerprint density at radius 1 is 1.35 bits per heavy atom. The average molecular weight is 313 g/mol. The molecule has 1 aromatic heterocycles. The van der Waals surface area contributed by atoms with Crippen LogP contribution in [-0.2, 0) is 11.2 Å². The molecule has 4 heteroatoms. The maximum Gasteiger partial charge on any atom is 0.223 e. The van der Waals surface area contributed by atoms with E-state index < -0.39 is 0 Å². The molecule has 1 N–H and O–H groups in total. The van der Waals surface area contributed by atoms with E-state index in [2.05, 4.69) is 17.4 Å². The van der Waals surface area contributed by atoms with Crippen LogP contribution in [-0.4, -0.2) is 19.1 Å². The van der Waals surface area contributed by atoms with Gasteiger partial charge in [-0.2, -0.15) is 0 Å². The first-order chi connectivity index (χ1) is 11.2. The molecule has 23 heavy (non-hydrogen) atoms. The van der Waals surface area contributed by atoms with Gasteiger partial charge in [-0.3, -0.25) is 4.79 Å². The second-order valence-electron chi connectivity index (χ2n) is 6.25. The number of aryl methyl sites for hydroxylation is 1. The molecule has 0 unspecified atom stereocenters. The maximum absolute atomic E-state index is 12.3. The molecule has 1 aliphatic rings. The summed E-state index contributed by atoms with van der Waals surface area (Å²) in [5.74, 6) is 2.43. The number of carbonyl (C=O) groups excluding carboxylic acids is 1. The molecule has 1 amide bonds. The Balaban J connectivity index is 1.45. The highest BCUT2D eigenvalue weighted by Crippen LogP contribution is 2.47. The van der Waals surface area contributed by atoms with Gasteiger partial charge < -0.3 is 14.5 Å². The number of furan rings is 1. The molecule has 0 aliphatic heterocycles. The number of benzene rings is 1. The summed E-state index contributed by atoms with van der Waals surface area (Å²) in [7, 11) is 1.66. The van der Waals surface area contributed by atoms with E-state index in [4.69, 9.17) is 9.15 Å². The van der Waals surface area contributed by atoms with E-state index in [1.807, 2.05) is 31.2 Å². The third-order valence-electron chi connectivity index (χ3n) is 4.46. The summed E-state index contributed by atoms with van der Waals surface area (Å²) < 4.78 is 10.5. The fourth-order valence-corrected chi connectivity index (χ4v) is 2.94. The minimum absolute atomic E-state index is 0.106. The highest BCUT2D eigenvalue weighted by atomic mass is 16.5. The van der Waals surface area contributed by atoms with E-state index in [0.29, 0.717) is 5.92 Å². The van der Waals surface area contributed by atoms with E-state index in [9.17, 15) is 4.79 Å².